The molecule has 2 aromatic heterocycles. The van der Waals surface area contributed by atoms with Crippen LogP contribution in [0.25, 0.3) is 27.9 Å². The molecule has 2 heterocycles. The fourth-order valence-corrected chi connectivity index (χ4v) is 3.50. The number of aromatic nitrogens is 4. The van der Waals surface area contributed by atoms with Gasteiger partial charge in [-0.05, 0) is 42.8 Å². The third kappa shape index (κ3) is 3.33. The van der Waals surface area contributed by atoms with Crippen molar-refractivity contribution in [1.29, 1.82) is 0 Å². The number of nitrogens with one attached hydrogen (secondary N) is 1. The number of ether oxygens (including phenoxy) is 1. The van der Waals surface area contributed by atoms with E-state index in [2.05, 4.69) is 24.4 Å². The van der Waals surface area contributed by atoms with Crippen molar-refractivity contribution >= 4 is 22.5 Å². The van der Waals surface area contributed by atoms with E-state index in [4.69, 9.17) is 19.8 Å². The molecule has 0 fully saturated rings. The Kier molecular flexibility index (Phi) is 4.52. The van der Waals surface area contributed by atoms with Gasteiger partial charge in [-0.3, -0.25) is 0 Å². The zero-order valence-corrected chi connectivity index (χ0v) is 16.8. The molecular formula is C24H21N5O. The monoisotopic (exact) mass is 395 g/mol. The molecule has 0 aliphatic carbocycles. The maximum Gasteiger partial charge on any atom is 0.226 e. The van der Waals surface area contributed by atoms with Gasteiger partial charge in [0.15, 0.2) is 11.5 Å². The molecule has 0 bridgehead atoms. The van der Waals surface area contributed by atoms with Gasteiger partial charge in [0, 0.05) is 17.5 Å². The summed E-state index contributed by atoms with van der Waals surface area (Å²) in [6.45, 7) is 2.68. The van der Waals surface area contributed by atoms with E-state index in [-0.39, 0.29) is 0 Å². The second kappa shape index (κ2) is 7.48. The molecule has 0 spiro atoms. The Morgan fingerprint density at radius 1 is 0.933 bits per heavy atom. The van der Waals surface area contributed by atoms with Crippen molar-refractivity contribution < 1.29 is 4.74 Å². The lowest BCUT2D eigenvalue weighted by Gasteiger charge is -2.09. The second-order valence-corrected chi connectivity index (χ2v) is 7.19. The zero-order chi connectivity index (χ0) is 20.5. The first-order valence-electron chi connectivity index (χ1n) is 9.80. The molecule has 0 aliphatic heterocycles. The maximum absolute atomic E-state index is 5.24. The van der Waals surface area contributed by atoms with Crippen LogP contribution in [0.2, 0.25) is 0 Å². The van der Waals surface area contributed by atoms with Crippen molar-refractivity contribution in [3.63, 3.8) is 0 Å². The van der Waals surface area contributed by atoms with E-state index in [0.29, 0.717) is 18.3 Å². The molecule has 6 nitrogen and oxygen atoms in total. The number of hydrogen-bond acceptors (Lipinski definition) is 5. The summed E-state index contributed by atoms with van der Waals surface area (Å²) in [6, 6.07) is 24.2. The van der Waals surface area contributed by atoms with Crippen LogP contribution in [0.15, 0.2) is 72.8 Å². The number of nitrogens with zero attached hydrogens (tertiary/aromatic N) is 4. The molecule has 0 unspecified atom stereocenters. The van der Waals surface area contributed by atoms with Crippen LogP contribution in [0.4, 0.5) is 5.95 Å². The SMILES string of the molecule is COc1ccc(CNc2nc3ccccc3c3nc(-c4cccc(C)c4)nn23)cc1. The van der Waals surface area contributed by atoms with Crippen molar-refractivity contribution in [3.8, 4) is 17.1 Å². The molecular weight excluding hydrogens is 374 g/mol. The van der Waals surface area contributed by atoms with Crippen LogP contribution in [-0.4, -0.2) is 26.7 Å². The predicted molar refractivity (Wildman–Crippen MR) is 119 cm³/mol. The molecule has 0 saturated carbocycles. The lowest BCUT2D eigenvalue weighted by atomic mass is 10.1. The number of para-hydroxylation sites is 1. The maximum atomic E-state index is 5.24. The van der Waals surface area contributed by atoms with Gasteiger partial charge in [0.25, 0.3) is 0 Å². The molecule has 0 saturated heterocycles. The smallest absolute Gasteiger partial charge is 0.226 e. The van der Waals surface area contributed by atoms with Gasteiger partial charge in [-0.1, -0.05) is 48.0 Å². The van der Waals surface area contributed by atoms with E-state index in [9.17, 15) is 0 Å². The summed E-state index contributed by atoms with van der Waals surface area (Å²) in [7, 11) is 1.67. The summed E-state index contributed by atoms with van der Waals surface area (Å²) >= 11 is 0. The number of rotatable bonds is 5. The average Bonchev–Trinajstić information content (AvgIpc) is 3.24. The van der Waals surface area contributed by atoms with Crippen molar-refractivity contribution in [1.82, 2.24) is 19.6 Å². The van der Waals surface area contributed by atoms with Gasteiger partial charge >= 0.3 is 0 Å². The highest BCUT2D eigenvalue weighted by Crippen LogP contribution is 2.25. The Bertz CT molecular complexity index is 1340. The van der Waals surface area contributed by atoms with Crippen molar-refractivity contribution in [2.24, 2.45) is 0 Å². The highest BCUT2D eigenvalue weighted by molar-refractivity contribution is 5.92. The van der Waals surface area contributed by atoms with Gasteiger partial charge in [-0.15, -0.1) is 5.10 Å². The van der Waals surface area contributed by atoms with Crippen LogP contribution in [0.5, 0.6) is 5.75 Å². The number of anilines is 1. The van der Waals surface area contributed by atoms with E-state index < -0.39 is 0 Å². The number of hydrogen-bond donors (Lipinski definition) is 1. The zero-order valence-electron chi connectivity index (χ0n) is 16.8. The first-order valence-corrected chi connectivity index (χ1v) is 9.80. The average molecular weight is 395 g/mol. The molecule has 0 atom stereocenters. The summed E-state index contributed by atoms with van der Waals surface area (Å²) in [5.74, 6) is 2.18. The van der Waals surface area contributed by atoms with Crippen molar-refractivity contribution in [2.75, 3.05) is 12.4 Å². The molecule has 0 radical (unpaired) electrons. The minimum Gasteiger partial charge on any atom is -0.497 e. The largest absolute Gasteiger partial charge is 0.497 e. The van der Waals surface area contributed by atoms with E-state index >= 15 is 0 Å². The molecule has 0 aliphatic rings. The van der Waals surface area contributed by atoms with Gasteiger partial charge in [0.2, 0.25) is 5.95 Å². The molecule has 5 rings (SSSR count). The minimum absolute atomic E-state index is 0.615. The summed E-state index contributed by atoms with van der Waals surface area (Å²) < 4.78 is 7.03. The van der Waals surface area contributed by atoms with Gasteiger partial charge in [0.1, 0.15) is 5.75 Å². The first-order chi connectivity index (χ1) is 14.7. The Labute approximate surface area is 174 Å². The normalized spacial score (nSPS) is 11.1. The number of methoxy groups -OCH3 is 1. The van der Waals surface area contributed by atoms with Crippen LogP contribution >= 0.6 is 0 Å². The van der Waals surface area contributed by atoms with Crippen LogP contribution in [0.1, 0.15) is 11.1 Å². The third-order valence-corrected chi connectivity index (χ3v) is 5.07. The predicted octanol–water partition coefficient (Wildman–Crippen LogP) is 4.87. The Morgan fingerprint density at radius 2 is 1.77 bits per heavy atom. The van der Waals surface area contributed by atoms with Gasteiger partial charge < -0.3 is 10.1 Å². The fraction of sp³-hybridized carbons (Fsp3) is 0.125. The van der Waals surface area contributed by atoms with Crippen LogP contribution in [0, 0.1) is 6.92 Å². The van der Waals surface area contributed by atoms with Crippen LogP contribution < -0.4 is 10.1 Å². The second-order valence-electron chi connectivity index (χ2n) is 7.19. The lowest BCUT2D eigenvalue weighted by molar-refractivity contribution is 0.414. The Morgan fingerprint density at radius 3 is 2.57 bits per heavy atom. The highest BCUT2D eigenvalue weighted by atomic mass is 16.5. The highest BCUT2D eigenvalue weighted by Gasteiger charge is 2.14. The first kappa shape index (κ1) is 18.1. The van der Waals surface area contributed by atoms with E-state index in [1.807, 2.05) is 60.7 Å². The fourth-order valence-electron chi connectivity index (χ4n) is 3.50. The molecule has 0 amide bonds. The van der Waals surface area contributed by atoms with E-state index in [1.165, 1.54) is 5.56 Å². The molecule has 30 heavy (non-hydrogen) atoms. The topological polar surface area (TPSA) is 64.3 Å². The van der Waals surface area contributed by atoms with E-state index in [1.54, 1.807) is 11.6 Å². The molecule has 3 aromatic carbocycles. The Hall–Kier alpha value is -3.93. The van der Waals surface area contributed by atoms with Crippen LogP contribution in [-0.2, 0) is 6.54 Å². The summed E-state index contributed by atoms with van der Waals surface area (Å²) in [5, 5.41) is 9.16. The molecule has 148 valence electrons. The summed E-state index contributed by atoms with van der Waals surface area (Å²) in [6.07, 6.45) is 0. The van der Waals surface area contributed by atoms with Crippen molar-refractivity contribution in [3.05, 3.63) is 83.9 Å². The number of fused-ring (bicyclic) bond motifs is 3. The number of benzene rings is 3. The molecule has 1 N–H and O–H groups in total. The van der Waals surface area contributed by atoms with Gasteiger partial charge in [0.05, 0.1) is 12.6 Å². The summed E-state index contributed by atoms with van der Waals surface area (Å²) in [4.78, 5) is 9.65. The quantitative estimate of drug-likeness (QED) is 0.460. The minimum atomic E-state index is 0.615. The molecule has 5 aromatic rings. The summed E-state index contributed by atoms with van der Waals surface area (Å²) in [5.41, 5.74) is 4.95. The van der Waals surface area contributed by atoms with Crippen LogP contribution in [0.3, 0.4) is 0 Å². The van der Waals surface area contributed by atoms with Crippen molar-refractivity contribution in [2.45, 2.75) is 13.5 Å². The van der Waals surface area contributed by atoms with Gasteiger partial charge in [-0.25, -0.2) is 9.97 Å². The third-order valence-electron chi connectivity index (χ3n) is 5.07. The number of aryl methyl sites for hydroxylation is 1. The van der Waals surface area contributed by atoms with E-state index in [0.717, 1.165) is 33.4 Å². The lowest BCUT2D eigenvalue weighted by Crippen LogP contribution is -2.08. The van der Waals surface area contributed by atoms with Gasteiger partial charge in [-0.2, -0.15) is 4.52 Å². The Balaban J connectivity index is 1.58. The molecule has 6 heteroatoms. The standard InChI is InChI=1S/C24H21N5O/c1-16-6-5-7-18(14-16)22-27-23-20-8-3-4-9-21(20)26-24(29(23)28-22)25-15-17-10-12-19(30-2)13-11-17/h3-14H,15H2,1-2H3,(H,25,26).